The molecule has 7 heteroatoms. The maximum absolute atomic E-state index is 12.3. The van der Waals surface area contributed by atoms with Crippen LogP contribution in [-0.2, 0) is 14.8 Å². The van der Waals surface area contributed by atoms with Crippen molar-refractivity contribution in [2.24, 2.45) is 0 Å². The minimum atomic E-state index is -3.67. The molecule has 23 heavy (non-hydrogen) atoms. The predicted octanol–water partition coefficient (Wildman–Crippen LogP) is 2.88. The Bertz CT molecular complexity index is 662. The van der Waals surface area contributed by atoms with Crippen molar-refractivity contribution < 1.29 is 13.2 Å². The van der Waals surface area contributed by atoms with Crippen LogP contribution in [0.3, 0.4) is 0 Å². The van der Waals surface area contributed by atoms with Gasteiger partial charge in [-0.05, 0) is 44.5 Å². The number of hydrogen-bond donors (Lipinski definition) is 1. The number of sulfonamides is 1. The van der Waals surface area contributed by atoms with Crippen molar-refractivity contribution >= 4 is 33.6 Å². The number of hydrogen-bond acceptors (Lipinski definition) is 3. The van der Waals surface area contributed by atoms with Crippen LogP contribution in [-0.4, -0.2) is 37.3 Å². The van der Waals surface area contributed by atoms with Crippen LogP contribution in [0.15, 0.2) is 29.7 Å². The number of benzene rings is 1. The Balaban J connectivity index is 2.82. The Morgan fingerprint density at radius 1 is 1.26 bits per heavy atom. The lowest BCUT2D eigenvalue weighted by atomic mass is 10.1. The van der Waals surface area contributed by atoms with Gasteiger partial charge in [0.25, 0.3) is 0 Å². The van der Waals surface area contributed by atoms with E-state index < -0.39 is 15.6 Å². The fraction of sp³-hybridized carbons (Fsp3) is 0.438. The summed E-state index contributed by atoms with van der Waals surface area (Å²) in [6, 6.07) is 6.80. The second-order valence-electron chi connectivity index (χ2n) is 6.12. The van der Waals surface area contributed by atoms with Gasteiger partial charge in [0, 0.05) is 22.5 Å². The van der Waals surface area contributed by atoms with Crippen LogP contribution >= 0.6 is 11.6 Å². The summed E-state index contributed by atoms with van der Waals surface area (Å²) in [5, 5.41) is 4.44. The van der Waals surface area contributed by atoms with Crippen molar-refractivity contribution in [3.05, 3.63) is 40.3 Å². The summed E-state index contributed by atoms with van der Waals surface area (Å²) in [5.41, 5.74) is 0.313. The average Bonchev–Trinajstić information content (AvgIpc) is 2.42. The SMILES string of the molecule is CCN(CC(=O)NC(C)(C)C)S(=O)(=O)/C=C/c1ccc(Cl)cc1. The molecule has 1 rings (SSSR count). The number of likely N-dealkylation sites (N-methyl/N-ethyl adjacent to an activating group) is 1. The first kappa shape index (κ1) is 19.7. The maximum Gasteiger partial charge on any atom is 0.236 e. The minimum absolute atomic E-state index is 0.207. The third kappa shape index (κ3) is 7.16. The van der Waals surface area contributed by atoms with Crippen molar-refractivity contribution in [3.8, 4) is 0 Å². The van der Waals surface area contributed by atoms with E-state index in [0.29, 0.717) is 10.6 Å². The largest absolute Gasteiger partial charge is 0.350 e. The molecule has 0 aliphatic carbocycles. The molecule has 0 aliphatic rings. The van der Waals surface area contributed by atoms with Crippen molar-refractivity contribution in [2.75, 3.05) is 13.1 Å². The van der Waals surface area contributed by atoms with Crippen LogP contribution in [0.4, 0.5) is 0 Å². The van der Waals surface area contributed by atoms with Gasteiger partial charge in [0.15, 0.2) is 0 Å². The standard InChI is InChI=1S/C16H23ClN2O3S/c1-5-19(12-15(20)18-16(2,3)4)23(21,22)11-10-13-6-8-14(17)9-7-13/h6-11H,5,12H2,1-4H3,(H,18,20)/b11-10+. The molecule has 128 valence electrons. The van der Waals surface area contributed by atoms with Crippen molar-refractivity contribution in [1.82, 2.24) is 9.62 Å². The molecule has 0 atom stereocenters. The minimum Gasteiger partial charge on any atom is -0.350 e. The van der Waals surface area contributed by atoms with Gasteiger partial charge in [0.1, 0.15) is 0 Å². The Kier molecular flexibility index (Phi) is 6.80. The molecule has 1 aromatic rings. The number of nitrogens with one attached hydrogen (secondary N) is 1. The molecular weight excluding hydrogens is 336 g/mol. The highest BCUT2D eigenvalue weighted by molar-refractivity contribution is 7.92. The smallest absolute Gasteiger partial charge is 0.236 e. The molecule has 0 spiro atoms. The zero-order valence-corrected chi connectivity index (χ0v) is 15.4. The molecule has 0 aliphatic heterocycles. The molecule has 0 radical (unpaired) electrons. The third-order valence-corrected chi connectivity index (χ3v) is 4.69. The number of amides is 1. The lowest BCUT2D eigenvalue weighted by Crippen LogP contribution is -2.46. The van der Waals surface area contributed by atoms with E-state index in [0.717, 1.165) is 9.71 Å². The average molecular weight is 359 g/mol. The molecule has 1 N–H and O–H groups in total. The molecule has 5 nitrogen and oxygen atoms in total. The van der Waals surface area contributed by atoms with E-state index >= 15 is 0 Å². The Morgan fingerprint density at radius 2 is 1.83 bits per heavy atom. The highest BCUT2D eigenvalue weighted by atomic mass is 35.5. The lowest BCUT2D eigenvalue weighted by Gasteiger charge is -2.23. The van der Waals surface area contributed by atoms with Crippen molar-refractivity contribution in [1.29, 1.82) is 0 Å². The van der Waals surface area contributed by atoms with Crippen LogP contribution < -0.4 is 5.32 Å². The molecule has 1 amide bonds. The Hall–Kier alpha value is -1.37. The van der Waals surface area contributed by atoms with Crippen LogP contribution in [0.25, 0.3) is 6.08 Å². The lowest BCUT2D eigenvalue weighted by molar-refractivity contribution is -0.122. The molecule has 0 bridgehead atoms. The molecule has 0 aromatic heterocycles. The van der Waals surface area contributed by atoms with Crippen molar-refractivity contribution in [3.63, 3.8) is 0 Å². The quantitative estimate of drug-likeness (QED) is 0.850. The Labute approximate surface area is 143 Å². The van der Waals surface area contributed by atoms with Gasteiger partial charge >= 0.3 is 0 Å². The number of carbonyl (C=O) groups is 1. The molecule has 1 aromatic carbocycles. The fourth-order valence-electron chi connectivity index (χ4n) is 1.82. The number of rotatable bonds is 6. The van der Waals surface area contributed by atoms with Crippen LogP contribution in [0, 0.1) is 0 Å². The van der Waals surface area contributed by atoms with Crippen LogP contribution in [0.5, 0.6) is 0 Å². The summed E-state index contributed by atoms with van der Waals surface area (Å²) in [5.74, 6) is -0.331. The molecule has 0 fully saturated rings. The predicted molar refractivity (Wildman–Crippen MR) is 94.5 cm³/mol. The monoisotopic (exact) mass is 358 g/mol. The highest BCUT2D eigenvalue weighted by Crippen LogP contribution is 2.12. The molecule has 0 saturated carbocycles. The van der Waals surface area contributed by atoms with Crippen LogP contribution in [0.1, 0.15) is 33.3 Å². The summed E-state index contributed by atoms with van der Waals surface area (Å²) in [7, 11) is -3.67. The third-order valence-electron chi connectivity index (χ3n) is 2.85. The van der Waals surface area contributed by atoms with Gasteiger partial charge in [-0.3, -0.25) is 4.79 Å². The summed E-state index contributed by atoms with van der Waals surface area (Å²) in [4.78, 5) is 11.9. The zero-order chi connectivity index (χ0) is 17.7. The van der Waals surface area contributed by atoms with E-state index in [1.165, 1.54) is 6.08 Å². The van der Waals surface area contributed by atoms with Gasteiger partial charge in [-0.25, -0.2) is 8.42 Å². The second-order valence-corrected chi connectivity index (χ2v) is 8.38. The van der Waals surface area contributed by atoms with Gasteiger partial charge in [-0.2, -0.15) is 4.31 Å². The zero-order valence-electron chi connectivity index (χ0n) is 13.8. The van der Waals surface area contributed by atoms with E-state index in [-0.39, 0.29) is 19.0 Å². The summed E-state index contributed by atoms with van der Waals surface area (Å²) in [6.07, 6.45) is 1.48. The van der Waals surface area contributed by atoms with Gasteiger partial charge < -0.3 is 5.32 Å². The Morgan fingerprint density at radius 3 is 2.30 bits per heavy atom. The van der Waals surface area contributed by atoms with Gasteiger partial charge in [-0.1, -0.05) is 30.7 Å². The summed E-state index contributed by atoms with van der Waals surface area (Å²) in [6.45, 7) is 7.23. The van der Waals surface area contributed by atoms with Gasteiger partial charge in [-0.15, -0.1) is 0 Å². The highest BCUT2D eigenvalue weighted by Gasteiger charge is 2.22. The van der Waals surface area contributed by atoms with Crippen molar-refractivity contribution in [2.45, 2.75) is 33.2 Å². The maximum atomic E-state index is 12.3. The van der Waals surface area contributed by atoms with E-state index in [1.54, 1.807) is 31.2 Å². The van der Waals surface area contributed by atoms with E-state index in [2.05, 4.69) is 5.32 Å². The van der Waals surface area contributed by atoms with Gasteiger partial charge in [0.2, 0.25) is 15.9 Å². The van der Waals surface area contributed by atoms with E-state index in [9.17, 15) is 13.2 Å². The fourth-order valence-corrected chi connectivity index (χ4v) is 3.11. The van der Waals surface area contributed by atoms with Crippen LogP contribution in [0.2, 0.25) is 5.02 Å². The van der Waals surface area contributed by atoms with E-state index in [4.69, 9.17) is 11.6 Å². The molecule has 0 saturated heterocycles. The molecule has 0 unspecified atom stereocenters. The number of carbonyl (C=O) groups excluding carboxylic acids is 1. The second kappa shape index (κ2) is 7.95. The summed E-state index contributed by atoms with van der Waals surface area (Å²) >= 11 is 5.79. The van der Waals surface area contributed by atoms with Gasteiger partial charge in [0.05, 0.1) is 6.54 Å². The number of halogens is 1. The first-order valence-electron chi connectivity index (χ1n) is 7.28. The topological polar surface area (TPSA) is 66.5 Å². The molecule has 0 heterocycles. The molecular formula is C16H23ClN2O3S. The normalized spacial score (nSPS) is 12.8. The number of nitrogens with zero attached hydrogens (tertiary/aromatic N) is 1. The first-order valence-corrected chi connectivity index (χ1v) is 9.16. The summed E-state index contributed by atoms with van der Waals surface area (Å²) < 4.78 is 25.8. The first-order chi connectivity index (χ1) is 10.5. The van der Waals surface area contributed by atoms with E-state index in [1.807, 2.05) is 20.8 Å².